The van der Waals surface area contributed by atoms with Crippen LogP contribution in [0.1, 0.15) is 105 Å². The normalized spacial score (nSPS) is 46.4. The van der Waals surface area contributed by atoms with E-state index in [4.69, 9.17) is 14.2 Å². The van der Waals surface area contributed by atoms with Crippen molar-refractivity contribution in [1.29, 1.82) is 0 Å². The summed E-state index contributed by atoms with van der Waals surface area (Å²) < 4.78 is 18.2. The second kappa shape index (κ2) is 11.0. The molecule has 0 bridgehead atoms. The molecular weight excluding hydrogens is 502 g/mol. The lowest BCUT2D eigenvalue weighted by atomic mass is 9.47. The SMILES string of the molecule is CC(=O)O[C@H]1CC[C@@]2(C)C(=CC[C@H]3[C@@H]4C[C@@H]5O[C@H](CC[C@@H](C)COC(=O)[C@@H]6CCCN6)[C@@H](C)[C@@H]5[C@@]4(C)CC[C@@H]32)C1. The molecule has 2 saturated heterocycles. The Morgan fingerprint density at radius 2 is 2.00 bits per heavy atom. The molecule has 6 rings (SSSR count). The number of fused-ring (bicyclic) bond motifs is 7. The number of allylic oxidation sites excluding steroid dienone is 1. The lowest BCUT2D eigenvalue weighted by Crippen LogP contribution is -2.51. The standard InChI is InChI=1S/C34H53NO5/c1-20(19-38-32(37)28-7-6-16-35-28)8-11-29-21(2)31-30(40-29)18-27-25-10-9-23-17-24(39-22(3)36)12-14-33(23,4)26(25)13-15-34(27,31)5/h9,20-21,24-31,35H,6-8,10-19H2,1-5H3/t20-,21-,24+,25-,26+,27+,28+,29-,30+,31+,33+,34+/m1/s1. The van der Waals surface area contributed by atoms with Crippen LogP contribution in [-0.2, 0) is 23.8 Å². The van der Waals surface area contributed by atoms with E-state index in [0.717, 1.165) is 69.2 Å². The van der Waals surface area contributed by atoms with Gasteiger partial charge in [0.25, 0.3) is 0 Å². The fourth-order valence-electron chi connectivity index (χ4n) is 10.7. The molecule has 2 heterocycles. The Morgan fingerprint density at radius 3 is 2.75 bits per heavy atom. The number of rotatable bonds is 7. The highest BCUT2D eigenvalue weighted by Gasteiger charge is 2.65. The molecule has 6 aliphatic rings. The van der Waals surface area contributed by atoms with Gasteiger partial charge < -0.3 is 19.5 Å². The first kappa shape index (κ1) is 28.7. The second-order valence-electron chi connectivity index (χ2n) is 15.1. The van der Waals surface area contributed by atoms with Gasteiger partial charge in [-0.1, -0.05) is 39.3 Å². The average molecular weight is 556 g/mol. The molecular formula is C34H53NO5. The summed E-state index contributed by atoms with van der Waals surface area (Å²) in [4.78, 5) is 23.9. The van der Waals surface area contributed by atoms with Gasteiger partial charge in [-0.25, -0.2) is 0 Å². The van der Waals surface area contributed by atoms with Gasteiger partial charge in [-0.05, 0) is 117 Å². The number of hydrogen-bond donors (Lipinski definition) is 1. The van der Waals surface area contributed by atoms with Crippen LogP contribution >= 0.6 is 0 Å². The van der Waals surface area contributed by atoms with Gasteiger partial charge in [-0.15, -0.1) is 0 Å². The largest absolute Gasteiger partial charge is 0.464 e. The zero-order chi connectivity index (χ0) is 28.2. The van der Waals surface area contributed by atoms with E-state index in [-0.39, 0.29) is 29.5 Å². The lowest BCUT2D eigenvalue weighted by molar-refractivity contribution is -0.149. The highest BCUT2D eigenvalue weighted by atomic mass is 16.5. The summed E-state index contributed by atoms with van der Waals surface area (Å²) in [5, 5.41) is 3.24. The number of nitrogens with one attached hydrogen (secondary N) is 1. The molecule has 0 spiro atoms. The van der Waals surface area contributed by atoms with Gasteiger partial charge in [0.1, 0.15) is 12.1 Å². The van der Waals surface area contributed by atoms with Gasteiger partial charge in [0.2, 0.25) is 0 Å². The summed E-state index contributed by atoms with van der Waals surface area (Å²) in [7, 11) is 0. The Hall–Kier alpha value is -1.40. The third-order valence-electron chi connectivity index (χ3n) is 12.8. The van der Waals surface area contributed by atoms with Crippen molar-refractivity contribution in [2.45, 2.75) is 130 Å². The Kier molecular flexibility index (Phi) is 7.91. The fraction of sp³-hybridized carbons (Fsp3) is 0.882. The van der Waals surface area contributed by atoms with Gasteiger partial charge in [0.15, 0.2) is 0 Å². The molecule has 4 aliphatic carbocycles. The predicted octanol–water partition coefficient (Wildman–Crippen LogP) is 6.22. The van der Waals surface area contributed by atoms with Crippen molar-refractivity contribution in [3.8, 4) is 0 Å². The minimum atomic E-state index is -0.143. The Balaban J connectivity index is 1.05. The van der Waals surface area contributed by atoms with E-state index in [0.29, 0.717) is 42.0 Å². The molecule has 0 unspecified atom stereocenters. The summed E-state index contributed by atoms with van der Waals surface area (Å²) in [6.07, 6.45) is 15.5. The first-order valence-electron chi connectivity index (χ1n) is 16.5. The van der Waals surface area contributed by atoms with E-state index in [9.17, 15) is 9.59 Å². The van der Waals surface area contributed by atoms with Crippen molar-refractivity contribution in [2.24, 2.45) is 46.3 Å². The zero-order valence-corrected chi connectivity index (χ0v) is 25.6. The van der Waals surface area contributed by atoms with Gasteiger partial charge in [0, 0.05) is 13.3 Å². The molecule has 6 nitrogen and oxygen atoms in total. The second-order valence-corrected chi connectivity index (χ2v) is 15.1. The highest BCUT2D eigenvalue weighted by Crippen LogP contribution is 2.69. The predicted molar refractivity (Wildman–Crippen MR) is 154 cm³/mol. The van der Waals surface area contributed by atoms with Gasteiger partial charge in [-0.2, -0.15) is 0 Å². The maximum Gasteiger partial charge on any atom is 0.323 e. The molecule has 12 atom stereocenters. The van der Waals surface area contributed by atoms with E-state index < -0.39 is 0 Å². The van der Waals surface area contributed by atoms with Crippen LogP contribution in [-0.4, -0.2) is 49.4 Å². The Bertz CT molecular complexity index is 1000. The molecule has 0 amide bonds. The van der Waals surface area contributed by atoms with Crippen LogP contribution in [0.15, 0.2) is 11.6 Å². The molecule has 0 radical (unpaired) electrons. The molecule has 6 heteroatoms. The average Bonchev–Trinajstić information content (AvgIpc) is 3.62. The number of esters is 2. The summed E-state index contributed by atoms with van der Waals surface area (Å²) in [6.45, 7) is 12.8. The molecule has 40 heavy (non-hydrogen) atoms. The minimum Gasteiger partial charge on any atom is -0.464 e. The van der Waals surface area contributed by atoms with E-state index in [1.807, 2.05) is 0 Å². The zero-order valence-electron chi connectivity index (χ0n) is 25.6. The van der Waals surface area contributed by atoms with E-state index in [1.165, 1.54) is 25.7 Å². The first-order valence-corrected chi connectivity index (χ1v) is 16.5. The summed E-state index contributed by atoms with van der Waals surface area (Å²) in [6, 6.07) is -0.0989. The smallest absolute Gasteiger partial charge is 0.323 e. The molecule has 3 saturated carbocycles. The first-order chi connectivity index (χ1) is 19.1. The van der Waals surface area contributed by atoms with Crippen LogP contribution in [0.25, 0.3) is 0 Å². The van der Waals surface area contributed by atoms with Crippen molar-refractivity contribution in [3.63, 3.8) is 0 Å². The molecule has 5 fully saturated rings. The molecule has 0 aromatic carbocycles. The number of carbonyl (C=O) groups excluding carboxylic acids is 2. The van der Waals surface area contributed by atoms with E-state index in [2.05, 4.69) is 39.1 Å². The number of carbonyl (C=O) groups is 2. The van der Waals surface area contributed by atoms with Gasteiger partial charge >= 0.3 is 11.9 Å². The van der Waals surface area contributed by atoms with Crippen molar-refractivity contribution in [1.82, 2.24) is 5.32 Å². The van der Waals surface area contributed by atoms with Crippen molar-refractivity contribution in [3.05, 3.63) is 11.6 Å². The molecule has 224 valence electrons. The minimum absolute atomic E-state index is 0.0679. The van der Waals surface area contributed by atoms with Crippen LogP contribution in [0.2, 0.25) is 0 Å². The third-order valence-corrected chi connectivity index (χ3v) is 12.8. The van der Waals surface area contributed by atoms with Crippen LogP contribution < -0.4 is 5.32 Å². The number of hydrogen-bond acceptors (Lipinski definition) is 6. The van der Waals surface area contributed by atoms with Crippen molar-refractivity contribution >= 4 is 11.9 Å². The monoisotopic (exact) mass is 555 g/mol. The maximum atomic E-state index is 12.3. The maximum absolute atomic E-state index is 12.3. The van der Waals surface area contributed by atoms with E-state index in [1.54, 1.807) is 12.5 Å². The Labute approximate surface area is 241 Å². The fourth-order valence-corrected chi connectivity index (χ4v) is 10.7. The third kappa shape index (κ3) is 4.97. The summed E-state index contributed by atoms with van der Waals surface area (Å²) in [5.74, 6) is 3.62. The van der Waals surface area contributed by atoms with Crippen LogP contribution in [0.3, 0.4) is 0 Å². The topological polar surface area (TPSA) is 73.9 Å². The number of ether oxygens (including phenoxy) is 3. The van der Waals surface area contributed by atoms with Gasteiger partial charge in [0.05, 0.1) is 18.8 Å². The summed E-state index contributed by atoms with van der Waals surface area (Å²) in [5.41, 5.74) is 2.20. The highest BCUT2D eigenvalue weighted by molar-refractivity contribution is 5.76. The molecule has 0 aromatic rings. The quantitative estimate of drug-likeness (QED) is 0.297. The van der Waals surface area contributed by atoms with Crippen molar-refractivity contribution in [2.75, 3.05) is 13.2 Å². The van der Waals surface area contributed by atoms with Crippen molar-refractivity contribution < 1.29 is 23.8 Å². The van der Waals surface area contributed by atoms with E-state index >= 15 is 0 Å². The molecule has 0 aromatic heterocycles. The summed E-state index contributed by atoms with van der Waals surface area (Å²) >= 11 is 0. The molecule has 2 aliphatic heterocycles. The van der Waals surface area contributed by atoms with Crippen LogP contribution in [0.5, 0.6) is 0 Å². The van der Waals surface area contributed by atoms with Crippen LogP contribution in [0.4, 0.5) is 0 Å². The lowest BCUT2D eigenvalue weighted by Gasteiger charge is -2.58. The van der Waals surface area contributed by atoms with Gasteiger partial charge in [-0.3, -0.25) is 9.59 Å². The molecule has 1 N–H and O–H groups in total. The Morgan fingerprint density at radius 1 is 1.18 bits per heavy atom. The van der Waals surface area contributed by atoms with Crippen LogP contribution in [0, 0.1) is 46.3 Å².